The van der Waals surface area contributed by atoms with Crippen LogP contribution in [0.15, 0.2) is 60.3 Å². The van der Waals surface area contributed by atoms with Gasteiger partial charge in [0.15, 0.2) is 16.3 Å². The average Bonchev–Trinajstić information content (AvgIpc) is 3.17. The summed E-state index contributed by atoms with van der Waals surface area (Å²) in [5, 5.41) is 0. The molecule has 0 N–H and O–H groups in total. The highest BCUT2D eigenvalue weighted by molar-refractivity contribution is 9.11. The molecule has 2 aromatic carbocycles. The Hall–Kier alpha value is -2.89. The summed E-state index contributed by atoms with van der Waals surface area (Å²) < 4.78 is 25.5. The molecule has 0 spiro atoms. The number of benzene rings is 2. The van der Waals surface area contributed by atoms with E-state index < -0.39 is 12.0 Å². The van der Waals surface area contributed by atoms with Gasteiger partial charge in [-0.1, -0.05) is 17.4 Å². The number of esters is 1. The van der Waals surface area contributed by atoms with E-state index in [1.54, 1.807) is 50.8 Å². The second-order valence-corrected chi connectivity index (χ2v) is 10.9. The normalized spacial score (nSPS) is 15.1. The molecule has 0 saturated heterocycles. The van der Waals surface area contributed by atoms with E-state index in [1.165, 1.54) is 11.3 Å². The molecule has 1 atom stereocenters. The minimum Gasteiger partial charge on any atom is -0.494 e. The Kier molecular flexibility index (Phi) is 8.79. The first-order valence-electron chi connectivity index (χ1n) is 11.8. The van der Waals surface area contributed by atoms with E-state index in [1.807, 2.05) is 25.1 Å². The molecule has 1 aliphatic heterocycles. The Morgan fingerprint density at radius 2 is 1.79 bits per heavy atom. The molecular formula is C27H26Br2N2O6S. The molecule has 4 rings (SSSR count). The molecular weight excluding hydrogens is 640 g/mol. The predicted octanol–water partition coefficient (Wildman–Crippen LogP) is 4.74. The van der Waals surface area contributed by atoms with Crippen molar-refractivity contribution in [1.29, 1.82) is 0 Å². The lowest BCUT2D eigenvalue weighted by Crippen LogP contribution is -2.40. The molecule has 0 aliphatic carbocycles. The van der Waals surface area contributed by atoms with Crippen molar-refractivity contribution < 1.29 is 23.7 Å². The highest BCUT2D eigenvalue weighted by Gasteiger charge is 2.34. The fourth-order valence-electron chi connectivity index (χ4n) is 4.25. The number of hydrogen-bond donors (Lipinski definition) is 0. The van der Waals surface area contributed by atoms with Crippen molar-refractivity contribution in [3.63, 3.8) is 0 Å². The SMILES string of the molecule is CCOC(=O)C1=C(C)N=c2s/c(=C\c3cc(Br)c(OC)c(Br)c3)c(=O)n2[C@@H]1c1ccc(OC)c(OCC)c1. The number of halogens is 2. The third-order valence-corrected chi connectivity index (χ3v) is 8.00. The van der Waals surface area contributed by atoms with Crippen molar-refractivity contribution in [2.75, 3.05) is 27.4 Å². The number of ether oxygens (including phenoxy) is 4. The van der Waals surface area contributed by atoms with Gasteiger partial charge in [0, 0.05) is 0 Å². The van der Waals surface area contributed by atoms with E-state index in [0.717, 1.165) is 14.5 Å². The molecule has 0 fully saturated rings. The highest BCUT2D eigenvalue weighted by Crippen LogP contribution is 2.37. The van der Waals surface area contributed by atoms with Crippen LogP contribution in [0.4, 0.5) is 0 Å². The zero-order valence-corrected chi connectivity index (χ0v) is 25.5. The van der Waals surface area contributed by atoms with Gasteiger partial charge in [0.05, 0.1) is 58.2 Å². The average molecular weight is 666 g/mol. The van der Waals surface area contributed by atoms with Gasteiger partial charge in [-0.2, -0.15) is 0 Å². The fourth-order valence-corrected chi connectivity index (χ4v) is 6.84. The van der Waals surface area contributed by atoms with Crippen LogP contribution in [-0.2, 0) is 9.53 Å². The van der Waals surface area contributed by atoms with Crippen molar-refractivity contribution in [3.8, 4) is 17.2 Å². The van der Waals surface area contributed by atoms with E-state index >= 15 is 0 Å². The summed E-state index contributed by atoms with van der Waals surface area (Å²) >= 11 is 8.28. The largest absolute Gasteiger partial charge is 0.494 e. The third kappa shape index (κ3) is 5.32. The van der Waals surface area contributed by atoms with Gasteiger partial charge in [-0.05, 0) is 94.1 Å². The van der Waals surface area contributed by atoms with Crippen LogP contribution >= 0.6 is 43.2 Å². The minimum atomic E-state index is -0.757. The lowest BCUT2D eigenvalue weighted by atomic mass is 9.95. The smallest absolute Gasteiger partial charge is 0.338 e. The molecule has 2 heterocycles. The zero-order valence-electron chi connectivity index (χ0n) is 21.5. The topological polar surface area (TPSA) is 88.4 Å². The lowest BCUT2D eigenvalue weighted by molar-refractivity contribution is -0.139. The minimum absolute atomic E-state index is 0.195. The molecule has 3 aromatic rings. The van der Waals surface area contributed by atoms with Crippen molar-refractivity contribution in [2.45, 2.75) is 26.8 Å². The summed E-state index contributed by atoms with van der Waals surface area (Å²) in [6.07, 6.45) is 1.79. The van der Waals surface area contributed by atoms with Crippen LogP contribution in [0.5, 0.6) is 17.2 Å². The molecule has 1 aromatic heterocycles. The first-order chi connectivity index (χ1) is 18.2. The quantitative estimate of drug-likeness (QED) is 0.323. The van der Waals surface area contributed by atoms with Crippen molar-refractivity contribution in [1.82, 2.24) is 4.57 Å². The molecule has 8 nitrogen and oxygen atoms in total. The van der Waals surface area contributed by atoms with Gasteiger partial charge >= 0.3 is 5.97 Å². The van der Waals surface area contributed by atoms with Crippen LogP contribution in [0.1, 0.15) is 37.9 Å². The second-order valence-electron chi connectivity index (χ2n) is 8.16. The summed E-state index contributed by atoms with van der Waals surface area (Å²) in [6, 6.07) is 8.35. The highest BCUT2D eigenvalue weighted by atomic mass is 79.9. The van der Waals surface area contributed by atoms with Crippen LogP contribution in [-0.4, -0.2) is 38.0 Å². The van der Waals surface area contributed by atoms with Crippen molar-refractivity contribution in [3.05, 3.63) is 81.4 Å². The number of allylic oxidation sites excluding steroid dienone is 1. The van der Waals surface area contributed by atoms with E-state index in [4.69, 9.17) is 18.9 Å². The summed E-state index contributed by atoms with van der Waals surface area (Å²) in [5.74, 6) is 1.20. The van der Waals surface area contributed by atoms with Crippen molar-refractivity contribution in [2.24, 2.45) is 4.99 Å². The van der Waals surface area contributed by atoms with Gasteiger partial charge in [-0.25, -0.2) is 9.79 Å². The molecule has 0 unspecified atom stereocenters. The Bertz CT molecular complexity index is 1590. The molecule has 11 heteroatoms. The first-order valence-corrected chi connectivity index (χ1v) is 14.2. The predicted molar refractivity (Wildman–Crippen MR) is 153 cm³/mol. The number of nitrogens with zero attached hydrogens (tertiary/aromatic N) is 2. The Balaban J connectivity index is 1.96. The van der Waals surface area contributed by atoms with Crippen LogP contribution in [0.3, 0.4) is 0 Å². The van der Waals surface area contributed by atoms with Crippen LogP contribution in [0.25, 0.3) is 6.08 Å². The van der Waals surface area contributed by atoms with Crippen molar-refractivity contribution >= 4 is 55.2 Å². The maximum absolute atomic E-state index is 13.9. The summed E-state index contributed by atoms with van der Waals surface area (Å²) in [7, 11) is 3.15. The summed E-state index contributed by atoms with van der Waals surface area (Å²) in [5.41, 5.74) is 1.98. The van der Waals surface area contributed by atoms with Crippen LogP contribution in [0, 0.1) is 0 Å². The maximum atomic E-state index is 13.9. The first kappa shape index (κ1) is 28.1. The summed E-state index contributed by atoms with van der Waals surface area (Å²) in [4.78, 5) is 32.1. The number of hydrogen-bond acceptors (Lipinski definition) is 8. The standard InChI is InChI=1S/C27H26Br2N2O6S/c1-6-36-20-13-16(8-9-19(20)34-4)23-22(26(33)37-7-2)14(3)30-27-31(23)25(32)21(38-27)12-15-10-17(28)24(35-5)18(29)11-15/h8-13,23H,6-7H2,1-5H3/b21-12-/t23-/m1/s1. The van der Waals surface area contributed by atoms with Gasteiger partial charge in [0.1, 0.15) is 5.75 Å². The molecule has 38 heavy (non-hydrogen) atoms. The molecule has 0 amide bonds. The Morgan fingerprint density at radius 3 is 2.39 bits per heavy atom. The number of fused-ring (bicyclic) bond motifs is 1. The fraction of sp³-hybridized carbons (Fsp3) is 0.296. The van der Waals surface area contributed by atoms with Gasteiger partial charge in [-0.3, -0.25) is 9.36 Å². The third-order valence-electron chi connectivity index (χ3n) is 5.84. The van der Waals surface area contributed by atoms with Gasteiger partial charge in [0.2, 0.25) is 0 Å². The maximum Gasteiger partial charge on any atom is 0.338 e. The molecule has 1 aliphatic rings. The van der Waals surface area contributed by atoms with Gasteiger partial charge < -0.3 is 18.9 Å². The molecule has 0 bridgehead atoms. The lowest BCUT2D eigenvalue weighted by Gasteiger charge is -2.25. The summed E-state index contributed by atoms with van der Waals surface area (Å²) in [6.45, 7) is 5.99. The number of aromatic nitrogens is 1. The molecule has 0 saturated carbocycles. The van der Waals surface area contributed by atoms with E-state index in [2.05, 4.69) is 36.9 Å². The Labute approximate surface area is 240 Å². The molecule has 0 radical (unpaired) electrons. The zero-order chi connectivity index (χ0) is 27.6. The number of methoxy groups -OCH3 is 2. The van der Waals surface area contributed by atoms with E-state index in [-0.39, 0.29) is 12.2 Å². The van der Waals surface area contributed by atoms with E-state index in [0.29, 0.717) is 50.0 Å². The van der Waals surface area contributed by atoms with Crippen LogP contribution < -0.4 is 29.1 Å². The molecule has 200 valence electrons. The Morgan fingerprint density at radius 1 is 1.08 bits per heavy atom. The second kappa shape index (κ2) is 11.9. The number of thiazole rings is 1. The van der Waals surface area contributed by atoms with Gasteiger partial charge in [-0.15, -0.1) is 0 Å². The van der Waals surface area contributed by atoms with Gasteiger partial charge in [0.25, 0.3) is 5.56 Å². The number of carbonyl (C=O) groups is 1. The van der Waals surface area contributed by atoms with Crippen LogP contribution in [0.2, 0.25) is 0 Å². The number of carbonyl (C=O) groups excluding carboxylic acids is 1. The number of rotatable bonds is 8. The monoisotopic (exact) mass is 664 g/mol. The van der Waals surface area contributed by atoms with E-state index in [9.17, 15) is 9.59 Å².